The van der Waals surface area contributed by atoms with Crippen LogP contribution in [0.25, 0.3) is 0 Å². The predicted molar refractivity (Wildman–Crippen MR) is 76.6 cm³/mol. The summed E-state index contributed by atoms with van der Waals surface area (Å²) in [5, 5.41) is 0.742. The van der Waals surface area contributed by atoms with E-state index in [0.717, 1.165) is 12.2 Å². The number of rotatable bonds is 6. The summed E-state index contributed by atoms with van der Waals surface area (Å²) in [4.78, 5) is 12.2. The summed E-state index contributed by atoms with van der Waals surface area (Å²) in [6, 6.07) is 10.4. The highest BCUT2D eigenvalue weighted by Crippen LogP contribution is 2.21. The maximum Gasteiger partial charge on any atom is 0.321 e. The molecule has 1 heterocycles. The Kier molecular flexibility index (Phi) is 5.42. The topological polar surface area (TPSA) is 47.9 Å². The maximum absolute atomic E-state index is 5.86. The van der Waals surface area contributed by atoms with Gasteiger partial charge in [-0.3, -0.25) is 0 Å². The van der Waals surface area contributed by atoms with Crippen LogP contribution in [0.3, 0.4) is 0 Å². The van der Waals surface area contributed by atoms with Crippen LogP contribution in [0.4, 0.5) is 0 Å². The lowest BCUT2D eigenvalue weighted by Crippen LogP contribution is -2.02. The van der Waals surface area contributed by atoms with Crippen LogP contribution in [0.5, 0.6) is 6.01 Å². The highest BCUT2D eigenvalue weighted by molar-refractivity contribution is 7.98. The Balaban J connectivity index is 2.01. The lowest BCUT2D eigenvalue weighted by molar-refractivity contribution is 0.288. The fourth-order valence-electron chi connectivity index (χ4n) is 1.36. The molecule has 0 aliphatic heterocycles. The van der Waals surface area contributed by atoms with E-state index in [-0.39, 0.29) is 11.3 Å². The molecule has 0 bridgehead atoms. The molecule has 0 spiro atoms. The van der Waals surface area contributed by atoms with Gasteiger partial charge in [-0.1, -0.05) is 49.0 Å². The Hall–Kier alpha value is -1.33. The second-order valence-electron chi connectivity index (χ2n) is 3.79. The van der Waals surface area contributed by atoms with Gasteiger partial charge in [-0.2, -0.15) is 15.0 Å². The number of thioether (sulfide) groups is 1. The van der Waals surface area contributed by atoms with Crippen LogP contribution in [-0.4, -0.2) is 21.6 Å². The van der Waals surface area contributed by atoms with E-state index < -0.39 is 0 Å². The van der Waals surface area contributed by atoms with Gasteiger partial charge in [0.05, 0.1) is 6.61 Å². The van der Waals surface area contributed by atoms with Crippen molar-refractivity contribution >= 4 is 23.4 Å². The normalized spacial score (nSPS) is 10.4. The van der Waals surface area contributed by atoms with Gasteiger partial charge in [0.1, 0.15) is 0 Å². The molecule has 2 aromatic rings. The second-order valence-corrected chi connectivity index (χ2v) is 5.07. The molecule has 6 heteroatoms. The molecule has 0 aliphatic rings. The van der Waals surface area contributed by atoms with Gasteiger partial charge in [0.15, 0.2) is 5.16 Å². The molecule has 0 aliphatic carbocycles. The fourth-order valence-corrected chi connectivity index (χ4v) is 2.34. The third kappa shape index (κ3) is 4.69. The molecule has 4 nitrogen and oxygen atoms in total. The summed E-state index contributed by atoms with van der Waals surface area (Å²) in [5.41, 5.74) is 1.21. The molecule has 0 N–H and O–H groups in total. The number of hydrogen-bond acceptors (Lipinski definition) is 5. The molecule has 100 valence electrons. The summed E-state index contributed by atoms with van der Waals surface area (Å²) in [7, 11) is 0. The van der Waals surface area contributed by atoms with E-state index in [9.17, 15) is 0 Å². The van der Waals surface area contributed by atoms with Crippen molar-refractivity contribution in [2.45, 2.75) is 24.3 Å². The van der Waals surface area contributed by atoms with E-state index in [1.54, 1.807) is 0 Å². The Morgan fingerprint density at radius 1 is 1.16 bits per heavy atom. The van der Waals surface area contributed by atoms with Crippen LogP contribution in [0.15, 0.2) is 35.5 Å². The molecular formula is C13H14ClN3OS. The molecule has 1 aromatic carbocycles. The van der Waals surface area contributed by atoms with E-state index in [0.29, 0.717) is 11.8 Å². The number of aromatic nitrogens is 3. The molecule has 0 saturated heterocycles. The van der Waals surface area contributed by atoms with E-state index in [4.69, 9.17) is 16.3 Å². The molecule has 0 radical (unpaired) electrons. The smallest absolute Gasteiger partial charge is 0.321 e. The molecule has 1 aromatic heterocycles. The van der Waals surface area contributed by atoms with Crippen LogP contribution in [0, 0.1) is 0 Å². The molecule has 19 heavy (non-hydrogen) atoms. The number of nitrogens with zero attached hydrogens (tertiary/aromatic N) is 3. The van der Waals surface area contributed by atoms with Crippen molar-refractivity contribution in [2.75, 3.05) is 6.61 Å². The van der Waals surface area contributed by atoms with Crippen molar-refractivity contribution in [3.05, 3.63) is 41.2 Å². The summed E-state index contributed by atoms with van der Waals surface area (Å²) in [5.74, 6) is 0.786. The minimum atomic E-state index is 0.164. The first kappa shape index (κ1) is 14.1. The van der Waals surface area contributed by atoms with Crippen molar-refractivity contribution < 1.29 is 4.74 Å². The quantitative estimate of drug-likeness (QED) is 0.762. The highest BCUT2D eigenvalue weighted by atomic mass is 35.5. The second kappa shape index (κ2) is 7.31. The number of ether oxygens (including phenoxy) is 1. The Morgan fingerprint density at radius 2 is 1.95 bits per heavy atom. The molecule has 0 unspecified atom stereocenters. The zero-order valence-corrected chi connectivity index (χ0v) is 12.1. The van der Waals surface area contributed by atoms with Gasteiger partial charge >= 0.3 is 6.01 Å². The first-order chi connectivity index (χ1) is 9.28. The number of benzene rings is 1. The molecule has 0 amide bonds. The van der Waals surface area contributed by atoms with Crippen molar-refractivity contribution in [1.29, 1.82) is 0 Å². The van der Waals surface area contributed by atoms with Gasteiger partial charge in [-0.25, -0.2) is 0 Å². The first-order valence-corrected chi connectivity index (χ1v) is 7.35. The number of hydrogen-bond donors (Lipinski definition) is 0. The third-order valence-electron chi connectivity index (χ3n) is 2.21. The summed E-state index contributed by atoms with van der Waals surface area (Å²) < 4.78 is 5.37. The zero-order valence-electron chi connectivity index (χ0n) is 10.5. The van der Waals surface area contributed by atoms with Gasteiger partial charge in [0, 0.05) is 5.75 Å². The van der Waals surface area contributed by atoms with E-state index in [2.05, 4.69) is 27.1 Å². The average Bonchev–Trinajstić information content (AvgIpc) is 2.43. The highest BCUT2D eigenvalue weighted by Gasteiger charge is 2.06. The number of halogens is 1. The summed E-state index contributed by atoms with van der Waals surface area (Å²) in [6.45, 7) is 2.59. The zero-order chi connectivity index (χ0) is 13.5. The van der Waals surface area contributed by atoms with Crippen LogP contribution >= 0.6 is 23.4 Å². The van der Waals surface area contributed by atoms with Gasteiger partial charge in [0.2, 0.25) is 5.28 Å². The molecule has 0 fully saturated rings. The van der Waals surface area contributed by atoms with Gasteiger partial charge in [-0.05, 0) is 23.6 Å². The summed E-state index contributed by atoms with van der Waals surface area (Å²) in [6.07, 6.45) is 0.899. The van der Waals surface area contributed by atoms with Crippen LogP contribution < -0.4 is 4.74 Å². The molecule has 0 atom stereocenters. The monoisotopic (exact) mass is 295 g/mol. The van der Waals surface area contributed by atoms with Crippen molar-refractivity contribution in [1.82, 2.24) is 15.0 Å². The van der Waals surface area contributed by atoms with Crippen molar-refractivity contribution in [3.63, 3.8) is 0 Å². The fraction of sp³-hybridized carbons (Fsp3) is 0.308. The standard InChI is InChI=1S/C13H14ClN3OS/c1-2-8-18-12-15-11(14)16-13(17-12)19-9-10-6-4-3-5-7-10/h3-7H,2,8-9H2,1H3. The van der Waals surface area contributed by atoms with E-state index >= 15 is 0 Å². The predicted octanol–water partition coefficient (Wildman–Crippen LogP) is 3.61. The van der Waals surface area contributed by atoms with E-state index in [1.165, 1.54) is 17.3 Å². The van der Waals surface area contributed by atoms with Gasteiger partial charge < -0.3 is 4.74 Å². The van der Waals surface area contributed by atoms with E-state index in [1.807, 2.05) is 25.1 Å². The first-order valence-electron chi connectivity index (χ1n) is 5.99. The average molecular weight is 296 g/mol. The Morgan fingerprint density at radius 3 is 2.68 bits per heavy atom. The van der Waals surface area contributed by atoms with Crippen LogP contribution in [0.2, 0.25) is 5.28 Å². The van der Waals surface area contributed by atoms with Gasteiger partial charge in [0.25, 0.3) is 0 Å². The minimum absolute atomic E-state index is 0.164. The molecule has 0 saturated carbocycles. The minimum Gasteiger partial charge on any atom is -0.463 e. The molecule has 2 rings (SSSR count). The summed E-state index contributed by atoms with van der Waals surface area (Å²) >= 11 is 7.36. The van der Waals surface area contributed by atoms with Crippen LogP contribution in [0.1, 0.15) is 18.9 Å². The van der Waals surface area contributed by atoms with Crippen LogP contribution in [-0.2, 0) is 5.75 Å². The lowest BCUT2D eigenvalue weighted by Gasteiger charge is -2.05. The SMILES string of the molecule is CCCOc1nc(Cl)nc(SCc2ccccc2)n1. The Bertz CT molecular complexity index is 525. The largest absolute Gasteiger partial charge is 0.463 e. The molecular weight excluding hydrogens is 282 g/mol. The maximum atomic E-state index is 5.86. The third-order valence-corrected chi connectivity index (χ3v) is 3.30. The Labute approximate surface area is 121 Å². The van der Waals surface area contributed by atoms with Gasteiger partial charge in [-0.15, -0.1) is 0 Å². The van der Waals surface area contributed by atoms with Crippen molar-refractivity contribution in [3.8, 4) is 6.01 Å². The lowest BCUT2D eigenvalue weighted by atomic mass is 10.2. The van der Waals surface area contributed by atoms with Crippen molar-refractivity contribution in [2.24, 2.45) is 0 Å².